The number of carbonyl (C=O) groups excluding carboxylic acids is 1. The molecule has 1 aliphatic rings. The van der Waals surface area contributed by atoms with Gasteiger partial charge in [-0.15, -0.1) is 0 Å². The third-order valence-electron chi connectivity index (χ3n) is 3.61. The van der Waals surface area contributed by atoms with Gasteiger partial charge in [0.15, 0.2) is 0 Å². The van der Waals surface area contributed by atoms with Crippen LogP contribution >= 0.6 is 0 Å². The lowest BCUT2D eigenvalue weighted by Crippen LogP contribution is -2.44. The number of hydrogen-bond donors (Lipinski definition) is 1. The number of carbonyl (C=O) groups is 2. The van der Waals surface area contributed by atoms with Gasteiger partial charge in [-0.05, 0) is 19.3 Å². The molecule has 0 radical (unpaired) electrons. The van der Waals surface area contributed by atoms with E-state index in [1.165, 1.54) is 0 Å². The van der Waals surface area contributed by atoms with Crippen molar-refractivity contribution in [2.75, 3.05) is 13.1 Å². The topological polar surface area (TPSA) is 57.6 Å². The number of aliphatic carboxylic acids is 1. The van der Waals surface area contributed by atoms with E-state index in [1.807, 2.05) is 6.92 Å². The largest absolute Gasteiger partial charge is 0.481 e. The van der Waals surface area contributed by atoms with E-state index in [4.69, 9.17) is 5.11 Å². The molecule has 0 aromatic rings. The third-order valence-corrected chi connectivity index (χ3v) is 3.61. The maximum Gasteiger partial charge on any atom is 0.406 e. The number of amides is 1. The molecule has 1 amide bonds. The number of carboxylic acids is 1. The van der Waals surface area contributed by atoms with Crippen LogP contribution in [0.4, 0.5) is 13.2 Å². The molecule has 0 aliphatic heterocycles. The van der Waals surface area contributed by atoms with Gasteiger partial charge in [-0.2, -0.15) is 13.2 Å². The van der Waals surface area contributed by atoms with Crippen LogP contribution in [0.2, 0.25) is 0 Å². The van der Waals surface area contributed by atoms with Crippen molar-refractivity contribution in [3.63, 3.8) is 0 Å². The van der Waals surface area contributed by atoms with Crippen molar-refractivity contribution in [2.24, 2.45) is 11.8 Å². The summed E-state index contributed by atoms with van der Waals surface area (Å²) in [5, 5.41) is 9.03. The smallest absolute Gasteiger partial charge is 0.406 e. The first-order chi connectivity index (χ1) is 9.26. The highest BCUT2D eigenvalue weighted by Crippen LogP contribution is 2.34. The van der Waals surface area contributed by atoms with Crippen molar-refractivity contribution >= 4 is 11.9 Å². The number of halogens is 3. The van der Waals surface area contributed by atoms with Crippen LogP contribution < -0.4 is 0 Å². The number of hydrogen-bond acceptors (Lipinski definition) is 2. The van der Waals surface area contributed by atoms with E-state index in [-0.39, 0.29) is 6.54 Å². The molecule has 0 heterocycles. The van der Waals surface area contributed by atoms with Crippen molar-refractivity contribution in [1.82, 2.24) is 4.90 Å². The Kier molecular flexibility index (Phi) is 5.83. The van der Waals surface area contributed by atoms with Crippen LogP contribution in [-0.4, -0.2) is 41.1 Å². The van der Waals surface area contributed by atoms with E-state index in [9.17, 15) is 22.8 Å². The molecule has 1 fully saturated rings. The molecule has 0 bridgehead atoms. The molecule has 0 saturated heterocycles. The fourth-order valence-electron chi connectivity index (χ4n) is 2.62. The van der Waals surface area contributed by atoms with E-state index in [0.717, 1.165) is 4.90 Å². The Hall–Kier alpha value is -1.27. The Balaban J connectivity index is 2.78. The summed E-state index contributed by atoms with van der Waals surface area (Å²) < 4.78 is 37.6. The first kappa shape index (κ1) is 16.8. The number of nitrogens with zero attached hydrogens (tertiary/aromatic N) is 1. The minimum absolute atomic E-state index is 0.0255. The summed E-state index contributed by atoms with van der Waals surface area (Å²) in [5.41, 5.74) is 0. The summed E-state index contributed by atoms with van der Waals surface area (Å²) in [6, 6.07) is 0. The Morgan fingerprint density at radius 3 is 2.35 bits per heavy atom. The number of unbranched alkanes of at least 4 members (excludes halogenated alkanes) is 1. The summed E-state index contributed by atoms with van der Waals surface area (Å²) in [6.45, 7) is 0.554. The molecule has 20 heavy (non-hydrogen) atoms. The fraction of sp³-hybridized carbons (Fsp3) is 0.846. The van der Waals surface area contributed by atoms with E-state index < -0.39 is 36.4 Å². The molecular weight excluding hydrogens is 275 g/mol. The van der Waals surface area contributed by atoms with Gasteiger partial charge in [0.1, 0.15) is 6.54 Å². The van der Waals surface area contributed by atoms with Crippen molar-refractivity contribution in [3.8, 4) is 0 Å². The molecule has 0 aromatic heterocycles. The van der Waals surface area contributed by atoms with Gasteiger partial charge in [-0.3, -0.25) is 9.59 Å². The zero-order chi connectivity index (χ0) is 15.3. The molecule has 0 aromatic carbocycles. The quantitative estimate of drug-likeness (QED) is 0.819. The maximum absolute atomic E-state index is 12.5. The Labute approximate surface area is 115 Å². The lowest BCUT2D eigenvalue weighted by atomic mass is 9.94. The molecule has 0 spiro atoms. The molecule has 116 valence electrons. The Bertz CT molecular complexity index is 357. The molecule has 1 aliphatic carbocycles. The fourth-order valence-corrected chi connectivity index (χ4v) is 2.62. The van der Waals surface area contributed by atoms with E-state index in [2.05, 4.69) is 0 Å². The molecule has 1 N–H and O–H groups in total. The molecule has 1 rings (SSSR count). The lowest BCUT2D eigenvalue weighted by Gasteiger charge is -2.28. The summed E-state index contributed by atoms with van der Waals surface area (Å²) in [4.78, 5) is 24.0. The normalized spacial score (nSPS) is 22.8. The van der Waals surface area contributed by atoms with Crippen LogP contribution in [0.25, 0.3) is 0 Å². The van der Waals surface area contributed by atoms with Gasteiger partial charge in [0.25, 0.3) is 0 Å². The minimum atomic E-state index is -4.46. The zero-order valence-corrected chi connectivity index (χ0v) is 11.4. The van der Waals surface area contributed by atoms with Gasteiger partial charge < -0.3 is 10.0 Å². The van der Waals surface area contributed by atoms with Crippen LogP contribution in [0.1, 0.15) is 39.0 Å². The minimum Gasteiger partial charge on any atom is -0.481 e. The SMILES string of the molecule is CCCCN(CC(F)(F)F)C(=O)[C@@H]1CCC[C@@H]1C(=O)O. The molecule has 7 heteroatoms. The Morgan fingerprint density at radius 1 is 1.25 bits per heavy atom. The molecule has 0 unspecified atom stereocenters. The lowest BCUT2D eigenvalue weighted by molar-refractivity contribution is -0.166. The second kappa shape index (κ2) is 6.95. The predicted octanol–water partition coefficient (Wildman–Crippen LogP) is 2.68. The monoisotopic (exact) mass is 295 g/mol. The number of carboxylic acid groups (broad SMARTS) is 1. The van der Waals surface area contributed by atoms with Gasteiger partial charge in [0.05, 0.1) is 11.8 Å². The number of alkyl halides is 3. The van der Waals surface area contributed by atoms with Crippen LogP contribution in [0, 0.1) is 11.8 Å². The van der Waals surface area contributed by atoms with Crippen molar-refractivity contribution in [3.05, 3.63) is 0 Å². The van der Waals surface area contributed by atoms with E-state index in [1.54, 1.807) is 0 Å². The molecule has 2 atom stereocenters. The zero-order valence-electron chi connectivity index (χ0n) is 11.4. The van der Waals surface area contributed by atoms with Gasteiger partial charge >= 0.3 is 12.1 Å². The highest BCUT2D eigenvalue weighted by atomic mass is 19.4. The first-order valence-corrected chi connectivity index (χ1v) is 6.84. The van der Waals surface area contributed by atoms with Crippen LogP contribution in [-0.2, 0) is 9.59 Å². The molecule has 1 saturated carbocycles. The molecular formula is C13H20F3NO3. The average molecular weight is 295 g/mol. The summed E-state index contributed by atoms with van der Waals surface area (Å²) >= 11 is 0. The van der Waals surface area contributed by atoms with Crippen LogP contribution in [0.3, 0.4) is 0 Å². The molecule has 4 nitrogen and oxygen atoms in total. The first-order valence-electron chi connectivity index (χ1n) is 6.84. The van der Waals surface area contributed by atoms with Crippen molar-refractivity contribution in [1.29, 1.82) is 0 Å². The average Bonchev–Trinajstić information content (AvgIpc) is 2.81. The highest BCUT2D eigenvalue weighted by molar-refractivity contribution is 5.85. The van der Waals surface area contributed by atoms with E-state index >= 15 is 0 Å². The summed E-state index contributed by atoms with van der Waals surface area (Å²) in [5.74, 6) is -3.42. The van der Waals surface area contributed by atoms with Gasteiger partial charge in [-0.1, -0.05) is 19.8 Å². The van der Waals surface area contributed by atoms with Crippen molar-refractivity contribution in [2.45, 2.75) is 45.2 Å². The predicted molar refractivity (Wildman–Crippen MR) is 66.0 cm³/mol. The van der Waals surface area contributed by atoms with Crippen LogP contribution in [0.15, 0.2) is 0 Å². The second-order valence-electron chi connectivity index (χ2n) is 5.21. The van der Waals surface area contributed by atoms with E-state index in [0.29, 0.717) is 32.1 Å². The Morgan fingerprint density at radius 2 is 1.85 bits per heavy atom. The van der Waals surface area contributed by atoms with Gasteiger partial charge in [-0.25, -0.2) is 0 Å². The summed E-state index contributed by atoms with van der Waals surface area (Å²) in [7, 11) is 0. The van der Waals surface area contributed by atoms with Gasteiger partial charge in [0, 0.05) is 6.54 Å². The summed E-state index contributed by atoms with van der Waals surface area (Å²) in [6.07, 6.45) is -2.02. The maximum atomic E-state index is 12.5. The number of rotatable bonds is 6. The van der Waals surface area contributed by atoms with Gasteiger partial charge in [0.2, 0.25) is 5.91 Å². The van der Waals surface area contributed by atoms with Crippen LogP contribution in [0.5, 0.6) is 0 Å². The van der Waals surface area contributed by atoms with Crippen molar-refractivity contribution < 1.29 is 27.9 Å². The highest BCUT2D eigenvalue weighted by Gasteiger charge is 2.42. The standard InChI is InChI=1S/C13H20F3NO3/c1-2-3-7-17(8-13(14,15)16)11(18)9-5-4-6-10(9)12(19)20/h9-10H,2-8H2,1H3,(H,19,20)/t9-,10+/m1/s1. The second-order valence-corrected chi connectivity index (χ2v) is 5.21. The third kappa shape index (κ3) is 4.68.